The van der Waals surface area contributed by atoms with Crippen LogP contribution in [0.4, 0.5) is 0 Å². The van der Waals surface area contributed by atoms with Gasteiger partial charge in [-0.2, -0.15) is 0 Å². The third-order valence-corrected chi connectivity index (χ3v) is 5.16. The van der Waals surface area contributed by atoms with Gasteiger partial charge in [0, 0.05) is 24.0 Å². The highest BCUT2D eigenvalue weighted by Gasteiger charge is 2.53. The Bertz CT molecular complexity index is 549. The number of benzene rings is 1. The number of likely N-dealkylation sites (tertiary alicyclic amines) is 1. The molecule has 0 radical (unpaired) electrons. The number of aliphatic imine (C=N–C) groups is 1. The molecular formula is C18H29N3O. The Balaban J connectivity index is 2.19. The molecule has 0 spiro atoms. The fourth-order valence-electron chi connectivity index (χ4n) is 2.82. The maximum absolute atomic E-state index is 9.43. The van der Waals surface area contributed by atoms with Gasteiger partial charge in [-0.05, 0) is 31.9 Å². The summed E-state index contributed by atoms with van der Waals surface area (Å²) in [7, 11) is 0. The van der Waals surface area contributed by atoms with E-state index in [-0.39, 0.29) is 17.6 Å². The van der Waals surface area contributed by atoms with Crippen molar-refractivity contribution in [3.8, 4) is 0 Å². The fourth-order valence-corrected chi connectivity index (χ4v) is 2.82. The van der Waals surface area contributed by atoms with Crippen LogP contribution in [-0.2, 0) is 13.2 Å². The zero-order valence-electron chi connectivity index (χ0n) is 14.5. The van der Waals surface area contributed by atoms with Crippen molar-refractivity contribution in [3.63, 3.8) is 0 Å². The van der Waals surface area contributed by atoms with Crippen molar-refractivity contribution < 1.29 is 5.11 Å². The van der Waals surface area contributed by atoms with Crippen molar-refractivity contribution in [1.29, 1.82) is 0 Å². The Hall–Kier alpha value is -1.55. The number of aliphatic hydroxyl groups is 1. The van der Waals surface area contributed by atoms with Gasteiger partial charge < -0.3 is 15.3 Å². The molecule has 4 heteroatoms. The average Bonchev–Trinajstić information content (AvgIpc) is 2.49. The molecule has 1 heterocycles. The number of hydrogen-bond acceptors (Lipinski definition) is 2. The van der Waals surface area contributed by atoms with Gasteiger partial charge in [0.25, 0.3) is 0 Å². The molecule has 2 N–H and O–H groups in total. The standard InChI is InChI=1S/C18H29N3O/c1-6-19-16(21-13-17(2,3)18(21,4)5)20-11-14-9-7-8-10-15(14)12-22/h7-10,22H,6,11-13H2,1-5H3,(H,19,20). The van der Waals surface area contributed by atoms with Crippen LogP contribution in [0.3, 0.4) is 0 Å². The van der Waals surface area contributed by atoms with Gasteiger partial charge in [0.2, 0.25) is 0 Å². The maximum Gasteiger partial charge on any atom is 0.194 e. The lowest BCUT2D eigenvalue weighted by Crippen LogP contribution is -2.72. The third-order valence-electron chi connectivity index (χ3n) is 5.16. The molecule has 0 saturated carbocycles. The minimum absolute atomic E-state index is 0.0600. The molecule has 1 aliphatic rings. The van der Waals surface area contributed by atoms with Crippen molar-refractivity contribution in [2.24, 2.45) is 10.4 Å². The predicted molar refractivity (Wildman–Crippen MR) is 91.7 cm³/mol. The summed E-state index contributed by atoms with van der Waals surface area (Å²) in [5.74, 6) is 0.958. The Morgan fingerprint density at radius 2 is 1.86 bits per heavy atom. The monoisotopic (exact) mass is 303 g/mol. The summed E-state index contributed by atoms with van der Waals surface area (Å²) in [6.07, 6.45) is 0. The van der Waals surface area contributed by atoms with Crippen LogP contribution in [0.15, 0.2) is 29.3 Å². The summed E-state index contributed by atoms with van der Waals surface area (Å²) in [5.41, 5.74) is 2.40. The Morgan fingerprint density at radius 1 is 1.23 bits per heavy atom. The molecule has 2 rings (SSSR count). The zero-order valence-corrected chi connectivity index (χ0v) is 14.5. The van der Waals surface area contributed by atoms with Gasteiger partial charge in [0.15, 0.2) is 5.96 Å². The van der Waals surface area contributed by atoms with Gasteiger partial charge in [-0.1, -0.05) is 38.1 Å². The third kappa shape index (κ3) is 2.98. The lowest BCUT2D eigenvalue weighted by molar-refractivity contribution is -0.0667. The lowest BCUT2D eigenvalue weighted by atomic mass is 9.65. The fraction of sp³-hybridized carbons (Fsp3) is 0.611. The molecule has 1 aromatic carbocycles. The van der Waals surface area contributed by atoms with Gasteiger partial charge in [0.05, 0.1) is 13.2 Å². The van der Waals surface area contributed by atoms with Crippen molar-refractivity contribution in [1.82, 2.24) is 10.2 Å². The number of nitrogens with one attached hydrogen (secondary N) is 1. The van der Waals surface area contributed by atoms with E-state index >= 15 is 0 Å². The highest BCUT2D eigenvalue weighted by atomic mass is 16.3. The van der Waals surface area contributed by atoms with Crippen molar-refractivity contribution in [3.05, 3.63) is 35.4 Å². The Kier molecular flexibility index (Phi) is 4.81. The van der Waals surface area contributed by atoms with E-state index < -0.39 is 0 Å². The quantitative estimate of drug-likeness (QED) is 0.664. The van der Waals surface area contributed by atoms with Crippen molar-refractivity contribution in [2.45, 2.75) is 53.3 Å². The second kappa shape index (κ2) is 6.29. The summed E-state index contributed by atoms with van der Waals surface area (Å²) in [6.45, 7) is 13.7. The molecule has 0 atom stereocenters. The first-order chi connectivity index (χ1) is 10.3. The molecule has 0 unspecified atom stereocenters. The molecule has 1 saturated heterocycles. The summed E-state index contributed by atoms with van der Waals surface area (Å²) in [5, 5.41) is 12.8. The molecule has 122 valence electrons. The Labute approximate surface area is 134 Å². The van der Waals surface area contributed by atoms with Crippen LogP contribution in [-0.4, -0.2) is 34.6 Å². The summed E-state index contributed by atoms with van der Waals surface area (Å²) in [4.78, 5) is 7.14. The van der Waals surface area contributed by atoms with Crippen LogP contribution >= 0.6 is 0 Å². The molecule has 1 aliphatic heterocycles. The van der Waals surface area contributed by atoms with Gasteiger partial charge >= 0.3 is 0 Å². The van der Waals surface area contributed by atoms with Crippen LogP contribution in [0, 0.1) is 5.41 Å². The number of aliphatic hydroxyl groups excluding tert-OH is 1. The maximum atomic E-state index is 9.43. The van der Waals surface area contributed by atoms with E-state index in [1.54, 1.807) is 0 Å². The van der Waals surface area contributed by atoms with E-state index in [9.17, 15) is 5.11 Å². The van der Waals surface area contributed by atoms with E-state index in [4.69, 9.17) is 4.99 Å². The molecule has 0 aliphatic carbocycles. The SMILES string of the molecule is CCNC(=NCc1ccccc1CO)N1CC(C)(C)C1(C)C. The van der Waals surface area contributed by atoms with Crippen LogP contribution in [0.25, 0.3) is 0 Å². The first kappa shape index (κ1) is 16.8. The molecule has 4 nitrogen and oxygen atoms in total. The molecule has 1 aromatic rings. The largest absolute Gasteiger partial charge is 0.392 e. The lowest BCUT2D eigenvalue weighted by Gasteiger charge is -2.62. The predicted octanol–water partition coefficient (Wildman–Crippen LogP) is 2.76. The van der Waals surface area contributed by atoms with Gasteiger partial charge in [-0.25, -0.2) is 4.99 Å². The van der Waals surface area contributed by atoms with Crippen LogP contribution in [0.2, 0.25) is 0 Å². The minimum atomic E-state index is 0.0600. The summed E-state index contributed by atoms with van der Waals surface area (Å²) < 4.78 is 0. The number of hydrogen-bond donors (Lipinski definition) is 2. The molecule has 0 amide bonds. The first-order valence-corrected chi connectivity index (χ1v) is 8.07. The molecule has 0 aromatic heterocycles. The van der Waals surface area contributed by atoms with Crippen LogP contribution in [0.5, 0.6) is 0 Å². The van der Waals surface area contributed by atoms with E-state index in [0.717, 1.165) is 30.2 Å². The number of rotatable bonds is 4. The number of guanidine groups is 1. The Morgan fingerprint density at radius 3 is 2.36 bits per heavy atom. The normalized spacial score (nSPS) is 19.7. The van der Waals surface area contributed by atoms with Crippen molar-refractivity contribution >= 4 is 5.96 Å². The molecular weight excluding hydrogens is 274 g/mol. The smallest absolute Gasteiger partial charge is 0.194 e. The van der Waals surface area contributed by atoms with E-state index in [1.165, 1.54) is 0 Å². The van der Waals surface area contributed by atoms with Crippen LogP contribution in [0.1, 0.15) is 45.7 Å². The van der Waals surface area contributed by atoms with E-state index in [1.807, 2.05) is 24.3 Å². The summed E-state index contributed by atoms with van der Waals surface area (Å²) in [6, 6.07) is 7.93. The minimum Gasteiger partial charge on any atom is -0.392 e. The molecule has 1 fully saturated rings. The van der Waals surface area contributed by atoms with E-state index in [2.05, 4.69) is 44.8 Å². The van der Waals surface area contributed by atoms with Gasteiger partial charge in [-0.15, -0.1) is 0 Å². The number of nitrogens with zero attached hydrogens (tertiary/aromatic N) is 2. The second-order valence-electron chi connectivity index (χ2n) is 7.13. The van der Waals surface area contributed by atoms with Gasteiger partial charge in [0.1, 0.15) is 0 Å². The average molecular weight is 303 g/mol. The topological polar surface area (TPSA) is 47.9 Å². The van der Waals surface area contributed by atoms with E-state index in [0.29, 0.717) is 6.54 Å². The zero-order chi connectivity index (χ0) is 16.4. The molecule has 0 bridgehead atoms. The summed E-state index contributed by atoms with van der Waals surface area (Å²) >= 11 is 0. The first-order valence-electron chi connectivity index (χ1n) is 8.07. The van der Waals surface area contributed by atoms with Crippen LogP contribution < -0.4 is 5.32 Å². The van der Waals surface area contributed by atoms with Gasteiger partial charge in [-0.3, -0.25) is 0 Å². The highest BCUT2D eigenvalue weighted by Crippen LogP contribution is 2.46. The highest BCUT2D eigenvalue weighted by molar-refractivity contribution is 5.82. The molecule has 22 heavy (non-hydrogen) atoms. The van der Waals surface area contributed by atoms with Crippen molar-refractivity contribution in [2.75, 3.05) is 13.1 Å². The second-order valence-corrected chi connectivity index (χ2v) is 7.13.